The van der Waals surface area contributed by atoms with Gasteiger partial charge in [-0.3, -0.25) is 4.90 Å². The monoisotopic (exact) mass is 272 g/mol. The van der Waals surface area contributed by atoms with Gasteiger partial charge >= 0.3 is 0 Å². The zero-order valence-corrected chi connectivity index (χ0v) is 11.3. The lowest BCUT2D eigenvalue weighted by atomic mass is 10.4. The smallest absolute Gasteiger partial charge is 0.115 e. The van der Waals surface area contributed by atoms with E-state index >= 15 is 0 Å². The minimum absolute atomic E-state index is 0.754. The molecule has 1 saturated heterocycles. The Morgan fingerprint density at radius 2 is 2.24 bits per heavy atom. The van der Waals surface area contributed by atoms with E-state index in [1.54, 1.807) is 18.0 Å². The molecule has 1 aliphatic heterocycles. The third-order valence-corrected chi connectivity index (χ3v) is 4.19. The Balaban J connectivity index is 1.64. The van der Waals surface area contributed by atoms with E-state index in [0.29, 0.717) is 0 Å². The highest BCUT2D eigenvalue weighted by atomic mass is 35.5. The zero-order chi connectivity index (χ0) is 11.9. The molecule has 0 amide bonds. The number of halogens is 1. The molecular formula is C12H17ClN2OS. The highest BCUT2D eigenvalue weighted by Crippen LogP contribution is 2.24. The van der Waals surface area contributed by atoms with Crippen LogP contribution < -0.4 is 0 Å². The number of aromatic nitrogens is 1. The molecule has 2 heterocycles. The molecule has 1 aromatic rings. The maximum absolute atomic E-state index is 6.04. The quantitative estimate of drug-likeness (QED) is 0.608. The average Bonchev–Trinajstić information content (AvgIpc) is 2.38. The van der Waals surface area contributed by atoms with E-state index in [1.807, 2.05) is 12.1 Å². The molecule has 0 radical (unpaired) electrons. The van der Waals surface area contributed by atoms with Crippen molar-refractivity contribution in [1.82, 2.24) is 9.88 Å². The van der Waals surface area contributed by atoms with Gasteiger partial charge in [-0.05, 0) is 25.1 Å². The second-order valence-corrected chi connectivity index (χ2v) is 5.44. The predicted octanol–water partition coefficient (Wildman–Crippen LogP) is 2.55. The van der Waals surface area contributed by atoms with Crippen LogP contribution in [-0.2, 0) is 4.74 Å². The average molecular weight is 273 g/mol. The van der Waals surface area contributed by atoms with Crippen LogP contribution in [0.25, 0.3) is 0 Å². The molecule has 0 N–H and O–H groups in total. The number of pyridine rings is 1. The van der Waals surface area contributed by atoms with Crippen molar-refractivity contribution < 1.29 is 4.74 Å². The van der Waals surface area contributed by atoms with Gasteiger partial charge in [-0.15, -0.1) is 11.8 Å². The summed E-state index contributed by atoms with van der Waals surface area (Å²) in [5.41, 5.74) is 0. The number of hydrogen-bond donors (Lipinski definition) is 0. The van der Waals surface area contributed by atoms with Gasteiger partial charge < -0.3 is 4.74 Å². The molecule has 1 aromatic heterocycles. The number of morpholine rings is 1. The molecular weight excluding hydrogens is 256 g/mol. The lowest BCUT2D eigenvalue weighted by Gasteiger charge is -2.26. The van der Waals surface area contributed by atoms with Crippen LogP contribution in [0.2, 0.25) is 5.02 Å². The Hall–Kier alpha value is -0.290. The van der Waals surface area contributed by atoms with E-state index in [9.17, 15) is 0 Å². The summed E-state index contributed by atoms with van der Waals surface area (Å²) in [4.78, 5) is 6.71. The fraction of sp³-hybridized carbons (Fsp3) is 0.583. The van der Waals surface area contributed by atoms with Crippen molar-refractivity contribution in [1.29, 1.82) is 0 Å². The fourth-order valence-electron chi connectivity index (χ4n) is 1.76. The van der Waals surface area contributed by atoms with Gasteiger partial charge in [0.05, 0.1) is 18.2 Å². The Morgan fingerprint density at radius 1 is 1.41 bits per heavy atom. The summed E-state index contributed by atoms with van der Waals surface area (Å²) in [6.07, 6.45) is 2.95. The van der Waals surface area contributed by atoms with E-state index in [1.165, 1.54) is 0 Å². The normalized spacial score (nSPS) is 17.2. The third kappa shape index (κ3) is 4.47. The predicted molar refractivity (Wildman–Crippen MR) is 71.8 cm³/mol. The lowest BCUT2D eigenvalue weighted by molar-refractivity contribution is 0.0381. The first-order chi connectivity index (χ1) is 8.36. The minimum Gasteiger partial charge on any atom is -0.379 e. The summed E-state index contributed by atoms with van der Waals surface area (Å²) in [5, 5.41) is 1.69. The molecule has 1 aliphatic rings. The van der Waals surface area contributed by atoms with Crippen molar-refractivity contribution in [2.24, 2.45) is 0 Å². The van der Waals surface area contributed by atoms with Crippen LogP contribution >= 0.6 is 23.4 Å². The molecule has 2 rings (SSSR count). The number of rotatable bonds is 5. The Labute approximate surface area is 111 Å². The number of ether oxygens (including phenoxy) is 1. The van der Waals surface area contributed by atoms with E-state index in [2.05, 4.69) is 9.88 Å². The van der Waals surface area contributed by atoms with Crippen LogP contribution in [0.15, 0.2) is 23.4 Å². The van der Waals surface area contributed by atoms with Crippen LogP contribution in [0.5, 0.6) is 0 Å². The number of nitrogens with zero attached hydrogens (tertiary/aromatic N) is 2. The van der Waals surface area contributed by atoms with Crippen molar-refractivity contribution in [3.05, 3.63) is 23.4 Å². The second-order valence-electron chi connectivity index (χ2n) is 3.95. The zero-order valence-electron chi connectivity index (χ0n) is 9.77. The fourth-order valence-corrected chi connectivity index (χ4v) is 2.85. The summed E-state index contributed by atoms with van der Waals surface area (Å²) in [5.74, 6) is 1.06. The molecule has 1 fully saturated rings. The molecule has 0 saturated carbocycles. The highest BCUT2D eigenvalue weighted by molar-refractivity contribution is 7.99. The van der Waals surface area contributed by atoms with Gasteiger partial charge in [0.2, 0.25) is 0 Å². The molecule has 0 aromatic carbocycles. The molecule has 0 unspecified atom stereocenters. The topological polar surface area (TPSA) is 25.4 Å². The van der Waals surface area contributed by atoms with Crippen LogP contribution in [0.3, 0.4) is 0 Å². The summed E-state index contributed by atoms with van der Waals surface area (Å²) >= 11 is 7.78. The van der Waals surface area contributed by atoms with Crippen molar-refractivity contribution in [2.75, 3.05) is 38.6 Å². The van der Waals surface area contributed by atoms with Crippen molar-refractivity contribution in [3.63, 3.8) is 0 Å². The van der Waals surface area contributed by atoms with Crippen molar-refractivity contribution >= 4 is 23.4 Å². The Bertz CT molecular complexity index is 345. The number of hydrogen-bond acceptors (Lipinski definition) is 4. The van der Waals surface area contributed by atoms with Gasteiger partial charge in [0.15, 0.2) is 0 Å². The molecule has 0 atom stereocenters. The maximum atomic E-state index is 6.04. The molecule has 3 nitrogen and oxygen atoms in total. The van der Waals surface area contributed by atoms with Crippen molar-refractivity contribution in [2.45, 2.75) is 11.4 Å². The molecule has 5 heteroatoms. The SMILES string of the molecule is Clc1cccnc1SCCCN1CCOCC1. The molecule has 0 bridgehead atoms. The first-order valence-corrected chi connectivity index (χ1v) is 7.26. The maximum Gasteiger partial charge on any atom is 0.115 e. The minimum atomic E-state index is 0.754. The Kier molecular flexibility index (Phi) is 5.58. The van der Waals surface area contributed by atoms with Gasteiger partial charge in [0, 0.05) is 25.0 Å². The standard InChI is InChI=1S/C12H17ClN2OS/c13-11-3-1-4-14-12(11)17-10-2-5-15-6-8-16-9-7-15/h1,3-4H,2,5-10H2. The van der Waals surface area contributed by atoms with E-state index in [0.717, 1.165) is 55.1 Å². The first kappa shape index (κ1) is 13.1. The number of thioether (sulfide) groups is 1. The van der Waals surface area contributed by atoms with Gasteiger partial charge in [0.1, 0.15) is 5.03 Å². The molecule has 0 spiro atoms. The van der Waals surface area contributed by atoms with E-state index in [-0.39, 0.29) is 0 Å². The van der Waals surface area contributed by atoms with Gasteiger partial charge in [0.25, 0.3) is 0 Å². The van der Waals surface area contributed by atoms with Gasteiger partial charge in [-0.25, -0.2) is 4.98 Å². The highest BCUT2D eigenvalue weighted by Gasteiger charge is 2.09. The van der Waals surface area contributed by atoms with Crippen molar-refractivity contribution in [3.8, 4) is 0 Å². The van der Waals surface area contributed by atoms with E-state index in [4.69, 9.17) is 16.3 Å². The summed E-state index contributed by atoms with van der Waals surface area (Å²) in [6.45, 7) is 5.02. The van der Waals surface area contributed by atoms with Crippen LogP contribution in [0.1, 0.15) is 6.42 Å². The second kappa shape index (κ2) is 7.21. The summed E-state index contributed by atoms with van der Waals surface area (Å²) in [6, 6.07) is 3.75. The van der Waals surface area contributed by atoms with Crippen LogP contribution in [0.4, 0.5) is 0 Å². The van der Waals surface area contributed by atoms with Gasteiger partial charge in [-0.1, -0.05) is 11.6 Å². The van der Waals surface area contributed by atoms with E-state index < -0.39 is 0 Å². The molecule has 94 valence electrons. The van der Waals surface area contributed by atoms with Crippen LogP contribution in [-0.4, -0.2) is 48.5 Å². The van der Waals surface area contributed by atoms with Crippen LogP contribution in [0, 0.1) is 0 Å². The summed E-state index contributed by atoms with van der Waals surface area (Å²) < 4.78 is 5.32. The third-order valence-electron chi connectivity index (χ3n) is 2.69. The molecule has 17 heavy (non-hydrogen) atoms. The summed E-state index contributed by atoms with van der Waals surface area (Å²) in [7, 11) is 0. The largest absolute Gasteiger partial charge is 0.379 e. The Morgan fingerprint density at radius 3 is 3.00 bits per heavy atom. The lowest BCUT2D eigenvalue weighted by Crippen LogP contribution is -2.36. The first-order valence-electron chi connectivity index (χ1n) is 5.89. The molecule has 0 aliphatic carbocycles. The van der Waals surface area contributed by atoms with Gasteiger partial charge in [-0.2, -0.15) is 0 Å².